The van der Waals surface area contributed by atoms with E-state index in [1.165, 1.54) is 36.6 Å². The molecule has 1 aliphatic carbocycles. The van der Waals surface area contributed by atoms with Crippen LogP contribution < -0.4 is 0 Å². The van der Waals surface area contributed by atoms with E-state index >= 15 is 0 Å². The molecule has 142 valence electrons. The van der Waals surface area contributed by atoms with Gasteiger partial charge in [-0.3, -0.25) is 0 Å². The van der Waals surface area contributed by atoms with Gasteiger partial charge in [-0.1, -0.05) is 36.4 Å². The summed E-state index contributed by atoms with van der Waals surface area (Å²) in [5.74, 6) is -0.570. The van der Waals surface area contributed by atoms with Gasteiger partial charge in [0.25, 0.3) is 0 Å². The summed E-state index contributed by atoms with van der Waals surface area (Å²) in [7, 11) is 1.43. The van der Waals surface area contributed by atoms with Crippen molar-refractivity contribution < 1.29 is 13.9 Å². The van der Waals surface area contributed by atoms with E-state index in [9.17, 15) is 9.18 Å². The number of methoxy groups -OCH3 is 1. The van der Waals surface area contributed by atoms with Gasteiger partial charge in [0.2, 0.25) is 0 Å². The number of fused-ring (bicyclic) bond motifs is 3. The molecule has 0 bridgehead atoms. The first kappa shape index (κ1) is 18.8. The van der Waals surface area contributed by atoms with E-state index in [4.69, 9.17) is 4.74 Å². The van der Waals surface area contributed by atoms with Gasteiger partial charge in [0.05, 0.1) is 12.7 Å². The third kappa shape index (κ3) is 3.22. The van der Waals surface area contributed by atoms with Crippen LogP contribution in [0.25, 0.3) is 22.3 Å². The maximum Gasteiger partial charge on any atom is 0.339 e. The van der Waals surface area contributed by atoms with Gasteiger partial charge < -0.3 is 4.74 Å². The molecule has 0 spiro atoms. The number of aryl methyl sites for hydroxylation is 1. The molecular weight excluding hydrogens is 371 g/mol. The molecule has 1 aliphatic rings. The molecule has 2 nitrogen and oxygen atoms in total. The van der Waals surface area contributed by atoms with Crippen LogP contribution in [0.2, 0.25) is 0 Å². The molecule has 0 heterocycles. The smallest absolute Gasteiger partial charge is 0.339 e. The van der Waals surface area contributed by atoms with E-state index in [0.29, 0.717) is 5.56 Å². The molecular formula is C24H21FO2S. The minimum Gasteiger partial charge on any atom is -0.465 e. The Morgan fingerprint density at radius 1 is 1.04 bits per heavy atom. The van der Waals surface area contributed by atoms with E-state index in [0.717, 1.165) is 52.0 Å². The minimum atomic E-state index is -0.317. The topological polar surface area (TPSA) is 26.3 Å². The highest BCUT2D eigenvalue weighted by Gasteiger charge is 2.27. The second-order valence-corrected chi connectivity index (χ2v) is 7.71. The lowest BCUT2D eigenvalue weighted by Gasteiger charge is -2.20. The Morgan fingerprint density at radius 3 is 2.50 bits per heavy atom. The van der Waals surface area contributed by atoms with E-state index in [1.54, 1.807) is 0 Å². The quantitative estimate of drug-likeness (QED) is 0.395. The maximum absolute atomic E-state index is 13.5. The number of carbonyl (C=O) groups is 1. The van der Waals surface area contributed by atoms with Crippen molar-refractivity contribution in [2.24, 2.45) is 0 Å². The molecule has 0 radical (unpaired) electrons. The van der Waals surface area contributed by atoms with Crippen LogP contribution in [0.5, 0.6) is 0 Å². The first-order valence-electron chi connectivity index (χ1n) is 9.30. The lowest BCUT2D eigenvalue weighted by atomic mass is 9.86. The third-order valence-corrected chi connectivity index (χ3v) is 6.08. The molecule has 0 saturated heterocycles. The van der Waals surface area contributed by atoms with Gasteiger partial charge in [-0.15, -0.1) is 11.8 Å². The number of esters is 1. The zero-order valence-electron chi connectivity index (χ0n) is 15.9. The normalized spacial score (nSPS) is 12.7. The predicted octanol–water partition coefficient (Wildman–Crippen LogP) is 6.16. The molecule has 3 aromatic carbocycles. The van der Waals surface area contributed by atoms with Gasteiger partial charge in [-0.05, 0) is 71.5 Å². The summed E-state index contributed by atoms with van der Waals surface area (Å²) in [5.41, 5.74) is 7.09. The van der Waals surface area contributed by atoms with E-state index < -0.39 is 0 Å². The van der Waals surface area contributed by atoms with Gasteiger partial charge in [0.1, 0.15) is 5.82 Å². The summed E-state index contributed by atoms with van der Waals surface area (Å²) in [6, 6.07) is 16.9. The lowest BCUT2D eigenvalue weighted by molar-refractivity contribution is 0.0597. The SMILES string of the molecule is COC(=O)c1c(SC)cc(-c2ccc(F)cc2)c2c1-c1ccccc1CCC2. The second-order valence-electron chi connectivity index (χ2n) is 6.86. The van der Waals surface area contributed by atoms with Crippen molar-refractivity contribution in [1.82, 2.24) is 0 Å². The Bertz CT molecular complexity index is 1040. The maximum atomic E-state index is 13.5. The molecule has 0 unspecified atom stereocenters. The van der Waals surface area contributed by atoms with Crippen LogP contribution >= 0.6 is 11.8 Å². The number of halogens is 1. The minimum absolute atomic E-state index is 0.253. The molecule has 0 aromatic heterocycles. The number of hydrogen-bond acceptors (Lipinski definition) is 3. The van der Waals surface area contributed by atoms with Crippen LogP contribution in [0.1, 0.15) is 27.9 Å². The highest BCUT2D eigenvalue weighted by atomic mass is 32.2. The average molecular weight is 392 g/mol. The standard InChI is InChI=1S/C24H21FO2S/c1-27-24(26)23-21(28-2)14-20(16-10-12-17(25)13-11-16)19-9-5-7-15-6-3-4-8-18(15)22(19)23/h3-4,6,8,10-14H,5,7,9H2,1-2H3. The third-order valence-electron chi connectivity index (χ3n) is 5.32. The van der Waals surface area contributed by atoms with Crippen LogP contribution in [0.3, 0.4) is 0 Å². The summed E-state index contributed by atoms with van der Waals surface area (Å²) in [5, 5.41) is 0. The summed E-state index contributed by atoms with van der Waals surface area (Å²) >= 11 is 1.53. The van der Waals surface area contributed by atoms with Gasteiger partial charge in [0, 0.05) is 10.5 Å². The molecule has 0 aliphatic heterocycles. The van der Waals surface area contributed by atoms with Gasteiger partial charge >= 0.3 is 5.97 Å². The van der Waals surface area contributed by atoms with Crippen LogP contribution in [0.15, 0.2) is 59.5 Å². The Morgan fingerprint density at radius 2 is 1.79 bits per heavy atom. The molecule has 4 heteroatoms. The number of carbonyl (C=O) groups excluding carboxylic acids is 1. The summed E-state index contributed by atoms with van der Waals surface area (Å²) in [4.78, 5) is 13.7. The number of hydrogen-bond donors (Lipinski definition) is 0. The number of thioether (sulfide) groups is 1. The molecule has 0 atom stereocenters. The number of benzene rings is 3. The summed E-state index contributed by atoms with van der Waals surface area (Å²) in [6.07, 6.45) is 4.78. The molecule has 4 rings (SSSR count). The molecule has 3 aromatic rings. The first-order chi connectivity index (χ1) is 13.6. The Labute approximate surface area is 168 Å². The fourth-order valence-electron chi connectivity index (χ4n) is 4.05. The largest absolute Gasteiger partial charge is 0.465 e. The van der Waals surface area contributed by atoms with Crippen molar-refractivity contribution in [1.29, 1.82) is 0 Å². The summed E-state index contributed by atoms with van der Waals surface area (Å²) < 4.78 is 18.7. The van der Waals surface area contributed by atoms with Crippen LogP contribution in [-0.4, -0.2) is 19.3 Å². The first-order valence-corrected chi connectivity index (χ1v) is 10.5. The van der Waals surface area contributed by atoms with Gasteiger partial charge in [-0.2, -0.15) is 0 Å². The summed E-state index contributed by atoms with van der Waals surface area (Å²) in [6.45, 7) is 0. The van der Waals surface area contributed by atoms with Crippen molar-refractivity contribution in [2.45, 2.75) is 24.2 Å². The van der Waals surface area contributed by atoms with E-state index in [-0.39, 0.29) is 11.8 Å². The van der Waals surface area contributed by atoms with E-state index in [1.807, 2.05) is 30.5 Å². The predicted molar refractivity (Wildman–Crippen MR) is 112 cm³/mol. The molecule has 0 N–H and O–H groups in total. The molecule has 0 amide bonds. The highest BCUT2D eigenvalue weighted by molar-refractivity contribution is 7.98. The Balaban J connectivity index is 2.10. The molecule has 0 fully saturated rings. The van der Waals surface area contributed by atoms with Crippen molar-refractivity contribution in [3.05, 3.63) is 77.1 Å². The number of rotatable bonds is 3. The Kier molecular flexibility index (Phi) is 5.23. The van der Waals surface area contributed by atoms with Gasteiger partial charge in [-0.25, -0.2) is 9.18 Å². The number of ether oxygens (including phenoxy) is 1. The van der Waals surface area contributed by atoms with Crippen molar-refractivity contribution in [3.63, 3.8) is 0 Å². The fraction of sp³-hybridized carbons (Fsp3) is 0.208. The van der Waals surface area contributed by atoms with Crippen molar-refractivity contribution in [3.8, 4) is 22.3 Å². The van der Waals surface area contributed by atoms with E-state index in [2.05, 4.69) is 18.2 Å². The zero-order valence-corrected chi connectivity index (χ0v) is 16.7. The van der Waals surface area contributed by atoms with Crippen LogP contribution in [-0.2, 0) is 17.6 Å². The van der Waals surface area contributed by atoms with Crippen LogP contribution in [0.4, 0.5) is 4.39 Å². The monoisotopic (exact) mass is 392 g/mol. The van der Waals surface area contributed by atoms with Crippen LogP contribution in [0, 0.1) is 5.82 Å². The van der Waals surface area contributed by atoms with Gasteiger partial charge in [0.15, 0.2) is 0 Å². The second kappa shape index (κ2) is 7.80. The average Bonchev–Trinajstić information content (AvgIpc) is 2.92. The zero-order chi connectivity index (χ0) is 19.7. The highest BCUT2D eigenvalue weighted by Crippen LogP contribution is 2.44. The van der Waals surface area contributed by atoms with Crippen molar-refractivity contribution in [2.75, 3.05) is 13.4 Å². The molecule has 28 heavy (non-hydrogen) atoms. The lowest BCUT2D eigenvalue weighted by Crippen LogP contribution is -2.09. The molecule has 0 saturated carbocycles. The fourth-order valence-corrected chi connectivity index (χ4v) is 4.67. The Hall–Kier alpha value is -2.59. The van der Waals surface area contributed by atoms with Crippen molar-refractivity contribution >= 4 is 17.7 Å².